The predicted molar refractivity (Wildman–Crippen MR) is 56.1 cm³/mol. The van der Waals surface area contributed by atoms with Crippen molar-refractivity contribution in [1.82, 2.24) is 0 Å². The van der Waals surface area contributed by atoms with E-state index in [0.717, 1.165) is 17.7 Å². The second-order valence-corrected chi connectivity index (χ2v) is 3.85. The van der Waals surface area contributed by atoms with Crippen molar-refractivity contribution in [2.24, 2.45) is 5.92 Å². The van der Waals surface area contributed by atoms with E-state index in [1.54, 1.807) is 0 Å². The van der Waals surface area contributed by atoms with Gasteiger partial charge in [-0.05, 0) is 30.0 Å². The molecule has 1 aromatic rings. The van der Waals surface area contributed by atoms with E-state index >= 15 is 0 Å². The number of carboxylic acids is 1. The minimum Gasteiger partial charge on any atom is -0.492 e. The molecule has 80 valence electrons. The highest BCUT2D eigenvalue weighted by molar-refractivity contribution is 5.71. The first-order valence-corrected chi connectivity index (χ1v) is 5.18. The van der Waals surface area contributed by atoms with Gasteiger partial charge in [0, 0.05) is 0 Å². The molecule has 1 aliphatic heterocycles. The van der Waals surface area contributed by atoms with E-state index in [0.29, 0.717) is 6.42 Å². The summed E-state index contributed by atoms with van der Waals surface area (Å²) in [6, 6.07) is 6.02. The molecule has 1 aromatic carbocycles. The van der Waals surface area contributed by atoms with Gasteiger partial charge >= 0.3 is 5.97 Å². The maximum absolute atomic E-state index is 10.8. The van der Waals surface area contributed by atoms with E-state index in [1.807, 2.05) is 18.2 Å². The van der Waals surface area contributed by atoms with Gasteiger partial charge in [0.1, 0.15) is 12.4 Å². The van der Waals surface area contributed by atoms with Gasteiger partial charge in [0.25, 0.3) is 0 Å². The predicted octanol–water partition coefficient (Wildman–Crippen LogP) is 1.88. The quantitative estimate of drug-likeness (QED) is 0.803. The maximum Gasteiger partial charge on any atom is 0.310 e. The number of carbonyl (C=O) groups is 1. The maximum atomic E-state index is 10.8. The number of fused-ring (bicyclic) bond motifs is 1. The smallest absolute Gasteiger partial charge is 0.310 e. The molecule has 1 atom stereocenters. The largest absolute Gasteiger partial charge is 0.492 e. The van der Waals surface area contributed by atoms with Crippen LogP contribution in [0.3, 0.4) is 0 Å². The zero-order valence-corrected chi connectivity index (χ0v) is 8.69. The molecule has 1 unspecified atom stereocenters. The molecule has 0 spiro atoms. The molecule has 3 nitrogen and oxygen atoms in total. The normalized spacial score (nSPS) is 19.1. The third kappa shape index (κ3) is 1.96. The zero-order valence-electron chi connectivity index (χ0n) is 8.69. The third-order valence-electron chi connectivity index (χ3n) is 2.80. The lowest BCUT2D eigenvalue weighted by molar-refractivity contribution is -0.143. The summed E-state index contributed by atoms with van der Waals surface area (Å²) in [5.74, 6) is -0.322. The second kappa shape index (κ2) is 3.93. The van der Waals surface area contributed by atoms with Crippen LogP contribution in [0, 0.1) is 5.92 Å². The number of aliphatic carboxylic acids is 1. The van der Waals surface area contributed by atoms with Gasteiger partial charge in [-0.2, -0.15) is 0 Å². The van der Waals surface area contributed by atoms with Crippen LogP contribution in [-0.4, -0.2) is 17.7 Å². The summed E-state index contributed by atoms with van der Waals surface area (Å²) in [6.45, 7) is 2.38. The Morgan fingerprint density at radius 1 is 1.60 bits per heavy atom. The second-order valence-electron chi connectivity index (χ2n) is 3.85. The fraction of sp³-hybridized carbons (Fsp3) is 0.417. The lowest BCUT2D eigenvalue weighted by Crippen LogP contribution is -2.27. The fourth-order valence-electron chi connectivity index (χ4n) is 1.80. The molecule has 0 aromatic heterocycles. The SMILES string of the molecule is CCc1ccc2c(c1)OCC(C(=O)O)C2. The van der Waals surface area contributed by atoms with Crippen molar-refractivity contribution >= 4 is 5.97 Å². The molecular formula is C12H14O3. The first kappa shape index (κ1) is 10.0. The van der Waals surface area contributed by atoms with Crippen LogP contribution in [0.4, 0.5) is 0 Å². The Kier molecular flexibility index (Phi) is 2.62. The monoisotopic (exact) mass is 206 g/mol. The molecular weight excluding hydrogens is 192 g/mol. The Labute approximate surface area is 88.7 Å². The van der Waals surface area contributed by atoms with Crippen LogP contribution >= 0.6 is 0 Å². The van der Waals surface area contributed by atoms with E-state index in [9.17, 15) is 4.79 Å². The molecule has 0 aliphatic carbocycles. The number of aryl methyl sites for hydroxylation is 1. The molecule has 15 heavy (non-hydrogen) atoms. The molecule has 1 N–H and O–H groups in total. The number of hydrogen-bond acceptors (Lipinski definition) is 2. The summed E-state index contributed by atoms with van der Waals surface area (Å²) in [6.07, 6.45) is 1.55. The zero-order chi connectivity index (χ0) is 10.8. The van der Waals surface area contributed by atoms with E-state index < -0.39 is 11.9 Å². The van der Waals surface area contributed by atoms with Crippen molar-refractivity contribution in [2.75, 3.05) is 6.61 Å². The third-order valence-corrected chi connectivity index (χ3v) is 2.80. The van der Waals surface area contributed by atoms with Crippen LogP contribution in [-0.2, 0) is 17.6 Å². The molecule has 0 saturated carbocycles. The Hall–Kier alpha value is -1.51. The summed E-state index contributed by atoms with van der Waals surface area (Å²) < 4.78 is 5.46. The van der Waals surface area contributed by atoms with Crippen LogP contribution in [0.2, 0.25) is 0 Å². The summed E-state index contributed by atoms with van der Waals surface area (Å²) >= 11 is 0. The Morgan fingerprint density at radius 2 is 2.40 bits per heavy atom. The van der Waals surface area contributed by atoms with E-state index in [4.69, 9.17) is 9.84 Å². The molecule has 1 aliphatic rings. The Morgan fingerprint density at radius 3 is 3.07 bits per heavy atom. The summed E-state index contributed by atoms with van der Waals surface area (Å²) in [7, 11) is 0. The molecule has 2 rings (SSSR count). The topological polar surface area (TPSA) is 46.5 Å². The van der Waals surface area contributed by atoms with Crippen LogP contribution in [0.5, 0.6) is 5.75 Å². The number of benzene rings is 1. The van der Waals surface area contributed by atoms with Gasteiger partial charge in [0.05, 0.1) is 5.92 Å². The van der Waals surface area contributed by atoms with Crippen molar-refractivity contribution in [3.05, 3.63) is 29.3 Å². The van der Waals surface area contributed by atoms with E-state index in [1.165, 1.54) is 5.56 Å². The number of carboxylic acid groups (broad SMARTS) is 1. The highest BCUT2D eigenvalue weighted by Crippen LogP contribution is 2.28. The van der Waals surface area contributed by atoms with Gasteiger partial charge in [-0.15, -0.1) is 0 Å². The van der Waals surface area contributed by atoms with Crippen LogP contribution < -0.4 is 4.74 Å². The highest BCUT2D eigenvalue weighted by atomic mass is 16.5. The summed E-state index contributed by atoms with van der Waals surface area (Å²) in [5, 5.41) is 8.88. The van der Waals surface area contributed by atoms with E-state index in [2.05, 4.69) is 6.92 Å². The lowest BCUT2D eigenvalue weighted by Gasteiger charge is -2.22. The van der Waals surface area contributed by atoms with Gasteiger partial charge in [-0.25, -0.2) is 0 Å². The molecule has 3 heteroatoms. The summed E-state index contributed by atoms with van der Waals surface area (Å²) in [5.41, 5.74) is 2.23. The standard InChI is InChI=1S/C12H14O3/c1-2-8-3-4-9-6-10(12(13)14)7-15-11(9)5-8/h3-5,10H,2,6-7H2,1H3,(H,13,14). The van der Waals surface area contributed by atoms with Gasteiger partial charge in [-0.1, -0.05) is 19.1 Å². The number of ether oxygens (including phenoxy) is 1. The molecule has 1 heterocycles. The molecule has 0 saturated heterocycles. The first-order chi connectivity index (χ1) is 7.20. The molecule has 0 radical (unpaired) electrons. The minimum atomic E-state index is -0.778. The van der Waals surface area contributed by atoms with Crippen molar-refractivity contribution in [1.29, 1.82) is 0 Å². The van der Waals surface area contributed by atoms with Crippen LogP contribution in [0.15, 0.2) is 18.2 Å². The van der Waals surface area contributed by atoms with E-state index in [-0.39, 0.29) is 6.61 Å². The molecule has 0 amide bonds. The van der Waals surface area contributed by atoms with Crippen LogP contribution in [0.1, 0.15) is 18.1 Å². The number of rotatable bonds is 2. The van der Waals surface area contributed by atoms with Gasteiger partial charge in [0.2, 0.25) is 0 Å². The minimum absolute atomic E-state index is 0.287. The average molecular weight is 206 g/mol. The van der Waals surface area contributed by atoms with Gasteiger partial charge in [0.15, 0.2) is 0 Å². The van der Waals surface area contributed by atoms with Crippen molar-refractivity contribution in [3.63, 3.8) is 0 Å². The van der Waals surface area contributed by atoms with Gasteiger partial charge in [-0.3, -0.25) is 4.79 Å². The van der Waals surface area contributed by atoms with Crippen molar-refractivity contribution < 1.29 is 14.6 Å². The number of hydrogen-bond donors (Lipinski definition) is 1. The van der Waals surface area contributed by atoms with Crippen molar-refractivity contribution in [3.8, 4) is 5.75 Å². The summed E-state index contributed by atoms with van der Waals surface area (Å²) in [4.78, 5) is 10.8. The molecule has 0 fully saturated rings. The molecule has 0 bridgehead atoms. The lowest BCUT2D eigenvalue weighted by atomic mass is 9.95. The van der Waals surface area contributed by atoms with Gasteiger partial charge < -0.3 is 9.84 Å². The first-order valence-electron chi connectivity index (χ1n) is 5.18. The average Bonchev–Trinajstić information content (AvgIpc) is 2.27. The van der Waals surface area contributed by atoms with Crippen LogP contribution in [0.25, 0.3) is 0 Å². The fourth-order valence-corrected chi connectivity index (χ4v) is 1.80. The van der Waals surface area contributed by atoms with Crippen molar-refractivity contribution in [2.45, 2.75) is 19.8 Å². The Bertz CT molecular complexity index is 384. The Balaban J connectivity index is 2.24. The highest BCUT2D eigenvalue weighted by Gasteiger charge is 2.25.